The average Bonchev–Trinajstić information content (AvgIpc) is 2.73. The van der Waals surface area contributed by atoms with E-state index < -0.39 is 11.8 Å². The predicted molar refractivity (Wildman–Crippen MR) is 116 cm³/mol. The van der Waals surface area contributed by atoms with E-state index in [0.29, 0.717) is 6.54 Å². The van der Waals surface area contributed by atoms with Gasteiger partial charge in [-0.1, -0.05) is 24.3 Å². The second-order valence-corrected chi connectivity index (χ2v) is 7.91. The number of carbonyl (C=O) groups excluding carboxylic acids is 2. The van der Waals surface area contributed by atoms with Crippen LogP contribution in [0.15, 0.2) is 42.5 Å². The van der Waals surface area contributed by atoms with Crippen LogP contribution in [0, 0.1) is 5.82 Å². The van der Waals surface area contributed by atoms with Crippen molar-refractivity contribution in [3.63, 3.8) is 0 Å². The Kier molecular flexibility index (Phi) is 7.05. The van der Waals surface area contributed by atoms with Crippen molar-refractivity contribution in [2.24, 2.45) is 0 Å². The maximum atomic E-state index is 12.9. The number of carbonyl (C=O) groups is 2. The van der Waals surface area contributed by atoms with E-state index in [1.165, 1.54) is 23.4 Å². The Morgan fingerprint density at radius 1 is 1.10 bits per heavy atom. The summed E-state index contributed by atoms with van der Waals surface area (Å²) in [5.41, 5.74) is 4.41. The number of likely N-dealkylation sites (N-methyl/N-ethyl adjacent to an activating group) is 1. The van der Waals surface area contributed by atoms with E-state index >= 15 is 0 Å². The lowest BCUT2D eigenvalue weighted by Gasteiger charge is -2.30. The normalized spacial score (nSPS) is 14.2. The van der Waals surface area contributed by atoms with Gasteiger partial charge in [-0.05, 0) is 61.8 Å². The summed E-state index contributed by atoms with van der Waals surface area (Å²) >= 11 is 0. The number of hydrogen-bond acceptors (Lipinski definition) is 4. The van der Waals surface area contributed by atoms with Gasteiger partial charge >= 0.3 is 11.8 Å². The second kappa shape index (κ2) is 9.71. The summed E-state index contributed by atoms with van der Waals surface area (Å²) in [6, 6.07) is 12.2. The van der Waals surface area contributed by atoms with Crippen LogP contribution >= 0.6 is 0 Å². The van der Waals surface area contributed by atoms with Crippen molar-refractivity contribution < 1.29 is 14.0 Å². The van der Waals surface area contributed by atoms with Crippen LogP contribution in [0.5, 0.6) is 0 Å². The second-order valence-electron chi connectivity index (χ2n) is 7.91. The minimum atomic E-state index is -0.705. The minimum absolute atomic E-state index is 0.0450. The molecule has 1 aliphatic heterocycles. The zero-order valence-corrected chi connectivity index (χ0v) is 17.7. The quantitative estimate of drug-likeness (QED) is 0.715. The van der Waals surface area contributed by atoms with E-state index in [1.54, 1.807) is 12.1 Å². The van der Waals surface area contributed by atoms with Gasteiger partial charge in [-0.25, -0.2) is 4.39 Å². The van der Waals surface area contributed by atoms with Crippen molar-refractivity contribution in [2.45, 2.75) is 25.4 Å². The molecule has 1 aliphatic rings. The smallest absolute Gasteiger partial charge is 0.309 e. The molecule has 0 bridgehead atoms. The molecular weight excluding hydrogens is 383 g/mol. The molecular formula is C23H29FN4O2. The summed E-state index contributed by atoms with van der Waals surface area (Å²) in [7, 11) is 6.01. The predicted octanol–water partition coefficient (Wildman–Crippen LogP) is 2.24. The molecule has 0 aliphatic carbocycles. The average molecular weight is 413 g/mol. The summed E-state index contributed by atoms with van der Waals surface area (Å²) in [6.45, 7) is 1.55. The Balaban J connectivity index is 1.58. The molecule has 0 fully saturated rings. The summed E-state index contributed by atoms with van der Waals surface area (Å²) < 4.78 is 12.9. The van der Waals surface area contributed by atoms with Gasteiger partial charge in [-0.3, -0.25) is 9.59 Å². The van der Waals surface area contributed by atoms with Crippen LogP contribution in [-0.4, -0.2) is 50.9 Å². The molecule has 160 valence electrons. The first-order chi connectivity index (χ1) is 14.3. The molecule has 30 heavy (non-hydrogen) atoms. The Morgan fingerprint density at radius 2 is 1.80 bits per heavy atom. The number of nitrogens with zero attached hydrogens (tertiary/aromatic N) is 2. The van der Waals surface area contributed by atoms with E-state index in [9.17, 15) is 14.0 Å². The van der Waals surface area contributed by atoms with E-state index in [0.717, 1.165) is 30.5 Å². The van der Waals surface area contributed by atoms with Crippen LogP contribution in [0.4, 0.5) is 10.1 Å². The summed E-state index contributed by atoms with van der Waals surface area (Å²) in [6.07, 6.45) is 2.18. The van der Waals surface area contributed by atoms with Crippen LogP contribution in [0.1, 0.15) is 29.2 Å². The molecule has 6 nitrogen and oxygen atoms in total. The van der Waals surface area contributed by atoms with Gasteiger partial charge in [0.05, 0.1) is 6.04 Å². The first-order valence-corrected chi connectivity index (χ1v) is 10.2. The number of halogens is 1. The van der Waals surface area contributed by atoms with Crippen molar-refractivity contribution >= 4 is 17.5 Å². The third-order valence-electron chi connectivity index (χ3n) is 5.49. The van der Waals surface area contributed by atoms with Gasteiger partial charge < -0.3 is 20.4 Å². The van der Waals surface area contributed by atoms with Crippen molar-refractivity contribution in [3.05, 3.63) is 65.0 Å². The van der Waals surface area contributed by atoms with Gasteiger partial charge in [-0.2, -0.15) is 0 Å². The highest BCUT2D eigenvalue weighted by molar-refractivity contribution is 6.35. The Hall–Kier alpha value is -2.93. The highest BCUT2D eigenvalue weighted by Crippen LogP contribution is 2.29. The van der Waals surface area contributed by atoms with Crippen LogP contribution < -0.4 is 15.5 Å². The lowest BCUT2D eigenvalue weighted by molar-refractivity contribution is -0.139. The third-order valence-corrected chi connectivity index (χ3v) is 5.49. The van der Waals surface area contributed by atoms with E-state index in [-0.39, 0.29) is 18.4 Å². The molecule has 0 saturated carbocycles. The highest BCUT2D eigenvalue weighted by Gasteiger charge is 2.21. The largest absolute Gasteiger partial charge is 0.374 e. The standard InChI is InChI=1S/C23H29FN4O2/c1-27(2)21(18-8-11-20-17(13-18)5-4-12-28(20)3)15-26-23(30)22(29)25-14-16-6-9-19(24)10-7-16/h6-11,13,21H,4-5,12,14-15H2,1-3H3,(H,25,29)(H,26,30)/t21-/m1/s1. The summed E-state index contributed by atoms with van der Waals surface area (Å²) in [5.74, 6) is -1.73. The number of benzene rings is 2. The van der Waals surface area contributed by atoms with Crippen LogP contribution in [0.2, 0.25) is 0 Å². The minimum Gasteiger partial charge on any atom is -0.374 e. The Morgan fingerprint density at radius 3 is 2.50 bits per heavy atom. The van der Waals surface area contributed by atoms with Gasteiger partial charge in [0.1, 0.15) is 5.82 Å². The monoisotopic (exact) mass is 412 g/mol. The van der Waals surface area contributed by atoms with Gasteiger partial charge in [0.25, 0.3) is 0 Å². The molecule has 2 aromatic carbocycles. The number of amides is 2. The molecule has 1 heterocycles. The van der Waals surface area contributed by atoms with E-state index in [4.69, 9.17) is 0 Å². The topological polar surface area (TPSA) is 64.7 Å². The lowest BCUT2D eigenvalue weighted by Crippen LogP contribution is -2.43. The Labute approximate surface area is 177 Å². The maximum absolute atomic E-state index is 12.9. The molecule has 0 saturated heterocycles. The lowest BCUT2D eigenvalue weighted by atomic mass is 9.96. The molecule has 3 rings (SSSR count). The Bertz CT molecular complexity index is 899. The molecule has 0 radical (unpaired) electrons. The van der Waals surface area contributed by atoms with E-state index in [2.05, 4.69) is 40.8 Å². The molecule has 2 amide bonds. The maximum Gasteiger partial charge on any atom is 0.309 e. The van der Waals surface area contributed by atoms with Gasteiger partial charge in [-0.15, -0.1) is 0 Å². The van der Waals surface area contributed by atoms with Crippen LogP contribution in [0.3, 0.4) is 0 Å². The number of fused-ring (bicyclic) bond motifs is 1. The fourth-order valence-electron chi connectivity index (χ4n) is 3.75. The zero-order chi connectivity index (χ0) is 21.7. The SMILES string of the molecule is CN1CCCc2cc([C@@H](CNC(=O)C(=O)NCc3ccc(F)cc3)N(C)C)ccc21. The number of rotatable bonds is 6. The molecule has 2 aromatic rings. The van der Waals surface area contributed by atoms with Gasteiger partial charge in [0, 0.05) is 32.4 Å². The van der Waals surface area contributed by atoms with Crippen molar-refractivity contribution in [3.8, 4) is 0 Å². The highest BCUT2D eigenvalue weighted by atomic mass is 19.1. The fraction of sp³-hybridized carbons (Fsp3) is 0.391. The third kappa shape index (κ3) is 5.36. The van der Waals surface area contributed by atoms with Crippen molar-refractivity contribution in [1.82, 2.24) is 15.5 Å². The summed E-state index contributed by atoms with van der Waals surface area (Å²) in [4.78, 5) is 28.7. The van der Waals surface area contributed by atoms with Crippen LogP contribution in [-0.2, 0) is 22.6 Å². The number of hydrogen-bond donors (Lipinski definition) is 2. The van der Waals surface area contributed by atoms with Crippen molar-refractivity contribution in [1.29, 1.82) is 0 Å². The number of anilines is 1. The molecule has 2 N–H and O–H groups in total. The molecule has 0 aromatic heterocycles. The van der Waals surface area contributed by atoms with Gasteiger partial charge in [0.2, 0.25) is 0 Å². The van der Waals surface area contributed by atoms with Crippen LogP contribution in [0.25, 0.3) is 0 Å². The fourth-order valence-corrected chi connectivity index (χ4v) is 3.75. The first kappa shape index (κ1) is 21.8. The molecule has 0 unspecified atom stereocenters. The molecule has 7 heteroatoms. The first-order valence-electron chi connectivity index (χ1n) is 10.2. The van der Waals surface area contributed by atoms with Crippen molar-refractivity contribution in [2.75, 3.05) is 39.1 Å². The zero-order valence-electron chi connectivity index (χ0n) is 17.7. The van der Waals surface area contributed by atoms with Gasteiger partial charge in [0.15, 0.2) is 0 Å². The van der Waals surface area contributed by atoms with E-state index in [1.807, 2.05) is 19.0 Å². The molecule has 0 spiro atoms. The summed E-state index contributed by atoms with van der Waals surface area (Å²) in [5, 5.41) is 5.30. The number of nitrogens with one attached hydrogen (secondary N) is 2. The number of aryl methyl sites for hydroxylation is 1. The molecule has 1 atom stereocenters.